The molecule has 3 aromatic rings. The molecule has 8 nitrogen and oxygen atoms in total. The molecule has 0 radical (unpaired) electrons. The summed E-state index contributed by atoms with van der Waals surface area (Å²) >= 11 is 3.43. The van der Waals surface area contributed by atoms with E-state index >= 15 is 0 Å². The van der Waals surface area contributed by atoms with Gasteiger partial charge in [0, 0.05) is 42.4 Å². The Morgan fingerprint density at radius 1 is 1.13 bits per heavy atom. The molecule has 0 aliphatic carbocycles. The van der Waals surface area contributed by atoms with Gasteiger partial charge in [-0.25, -0.2) is 15.0 Å². The molecule has 9 heteroatoms. The van der Waals surface area contributed by atoms with Crippen molar-refractivity contribution >= 4 is 27.8 Å². The van der Waals surface area contributed by atoms with E-state index in [-0.39, 0.29) is 23.6 Å². The highest BCUT2D eigenvalue weighted by Crippen LogP contribution is 2.34. The number of carbonyl (C=O) groups excluding carboxylic acids is 1. The van der Waals surface area contributed by atoms with Crippen molar-refractivity contribution < 1.29 is 4.79 Å². The van der Waals surface area contributed by atoms with E-state index < -0.39 is 0 Å². The number of likely N-dealkylation sites (tertiary alicyclic amines) is 1. The molecule has 1 amide bonds. The Hall–Kier alpha value is -3.07. The zero-order valence-corrected chi connectivity index (χ0v) is 17.9. The minimum absolute atomic E-state index is 0.0417. The van der Waals surface area contributed by atoms with E-state index in [1.165, 1.54) is 12.4 Å². The van der Waals surface area contributed by atoms with Crippen LogP contribution in [0.1, 0.15) is 16.8 Å². The van der Waals surface area contributed by atoms with Crippen molar-refractivity contribution in [3.8, 4) is 11.4 Å². The normalized spacial score (nSPS) is 20.1. The molecule has 1 unspecified atom stereocenters. The summed E-state index contributed by atoms with van der Waals surface area (Å²) in [4.78, 5) is 42.5. The molecule has 0 saturated carbocycles. The van der Waals surface area contributed by atoms with Crippen molar-refractivity contribution in [3.05, 3.63) is 69.3 Å². The Kier molecular flexibility index (Phi) is 4.62. The maximum atomic E-state index is 13.0. The lowest BCUT2D eigenvalue weighted by Gasteiger charge is -2.35. The summed E-state index contributed by atoms with van der Waals surface area (Å²) in [7, 11) is 1.73. The molecule has 152 valence electrons. The highest BCUT2D eigenvalue weighted by molar-refractivity contribution is 9.10. The highest BCUT2D eigenvalue weighted by atomic mass is 79.9. The third-order valence-electron chi connectivity index (χ3n) is 5.79. The molecule has 30 heavy (non-hydrogen) atoms. The first-order chi connectivity index (χ1) is 14.5. The average molecular weight is 467 g/mol. The SMILES string of the molecule is Cn1c(N2CC3C[C@H]2CN3C(=O)c2cccc(Br)c2)nc(-c2ccncn2)cc1=O. The monoisotopic (exact) mass is 466 g/mol. The lowest BCUT2D eigenvalue weighted by molar-refractivity contribution is 0.0725. The predicted octanol–water partition coefficient (Wildman–Crippen LogP) is 2.10. The molecule has 4 heterocycles. The molecular formula is C21H19BrN6O2. The summed E-state index contributed by atoms with van der Waals surface area (Å²) in [6, 6.07) is 10.9. The number of amides is 1. The molecule has 2 aromatic heterocycles. The average Bonchev–Trinajstić information content (AvgIpc) is 3.36. The van der Waals surface area contributed by atoms with Crippen LogP contribution >= 0.6 is 15.9 Å². The topological polar surface area (TPSA) is 84.2 Å². The minimum atomic E-state index is -0.140. The van der Waals surface area contributed by atoms with Gasteiger partial charge in [0.1, 0.15) is 6.33 Å². The van der Waals surface area contributed by atoms with Gasteiger partial charge in [0.25, 0.3) is 11.5 Å². The van der Waals surface area contributed by atoms with Crippen LogP contribution < -0.4 is 10.5 Å². The van der Waals surface area contributed by atoms with E-state index in [1.54, 1.807) is 23.9 Å². The molecule has 2 saturated heterocycles. The van der Waals surface area contributed by atoms with Crippen molar-refractivity contribution in [1.82, 2.24) is 24.4 Å². The number of hydrogen-bond acceptors (Lipinski definition) is 6. The number of benzene rings is 1. The predicted molar refractivity (Wildman–Crippen MR) is 115 cm³/mol. The maximum Gasteiger partial charge on any atom is 0.255 e. The van der Waals surface area contributed by atoms with Crippen LogP contribution in [0, 0.1) is 0 Å². The second kappa shape index (κ2) is 7.32. The Bertz CT molecular complexity index is 1180. The third-order valence-corrected chi connectivity index (χ3v) is 6.28. The summed E-state index contributed by atoms with van der Waals surface area (Å²) in [5, 5.41) is 0. The summed E-state index contributed by atoms with van der Waals surface area (Å²) in [6.45, 7) is 1.27. The van der Waals surface area contributed by atoms with Crippen molar-refractivity contribution in [2.75, 3.05) is 18.0 Å². The fourth-order valence-electron chi connectivity index (χ4n) is 4.31. The maximum absolute atomic E-state index is 13.0. The lowest BCUT2D eigenvalue weighted by atomic mass is 10.2. The molecule has 2 bridgehead atoms. The van der Waals surface area contributed by atoms with Gasteiger partial charge >= 0.3 is 0 Å². The molecule has 5 rings (SSSR count). The molecule has 2 aliphatic heterocycles. The van der Waals surface area contributed by atoms with Gasteiger partial charge in [-0.2, -0.15) is 0 Å². The molecular weight excluding hydrogens is 448 g/mol. The van der Waals surface area contributed by atoms with Crippen LogP contribution in [-0.2, 0) is 7.05 Å². The van der Waals surface area contributed by atoms with Gasteiger partial charge in [-0.1, -0.05) is 22.0 Å². The molecule has 2 fully saturated rings. The molecule has 0 N–H and O–H groups in total. The van der Waals surface area contributed by atoms with Gasteiger partial charge in [0.15, 0.2) is 0 Å². The largest absolute Gasteiger partial charge is 0.335 e. The fourth-order valence-corrected chi connectivity index (χ4v) is 4.70. The van der Waals surface area contributed by atoms with Crippen molar-refractivity contribution in [2.24, 2.45) is 7.05 Å². The summed E-state index contributed by atoms with van der Waals surface area (Å²) in [5.74, 6) is 0.651. The lowest BCUT2D eigenvalue weighted by Crippen LogP contribution is -2.50. The number of hydrogen-bond donors (Lipinski definition) is 0. The zero-order valence-electron chi connectivity index (χ0n) is 16.3. The third kappa shape index (κ3) is 3.19. The second-order valence-electron chi connectivity index (χ2n) is 7.60. The number of rotatable bonds is 3. The van der Waals surface area contributed by atoms with Crippen molar-refractivity contribution in [3.63, 3.8) is 0 Å². The smallest absolute Gasteiger partial charge is 0.255 e. The van der Waals surface area contributed by atoms with E-state index in [0.29, 0.717) is 36.0 Å². The van der Waals surface area contributed by atoms with Gasteiger partial charge in [0.2, 0.25) is 5.95 Å². The standard InChI is InChI=1S/C21H19BrN6O2/c1-26-19(29)9-18(17-5-6-23-12-24-17)25-21(26)28-11-15-8-16(28)10-27(15)20(30)13-3-2-4-14(22)7-13/h2-7,9,12,15-16H,8,10-11H2,1H3/t15?,16-/m0/s1. The summed E-state index contributed by atoms with van der Waals surface area (Å²) in [5.41, 5.74) is 1.68. The molecule has 2 atom stereocenters. The Morgan fingerprint density at radius 2 is 2.00 bits per heavy atom. The van der Waals surface area contributed by atoms with Crippen molar-refractivity contribution in [2.45, 2.75) is 18.5 Å². The Labute approximate surface area is 181 Å². The highest BCUT2D eigenvalue weighted by Gasteiger charge is 2.46. The summed E-state index contributed by atoms with van der Waals surface area (Å²) < 4.78 is 2.45. The van der Waals surface area contributed by atoms with E-state index in [9.17, 15) is 9.59 Å². The number of halogens is 1. The van der Waals surface area contributed by atoms with Gasteiger partial charge in [0.05, 0.1) is 23.5 Å². The fraction of sp³-hybridized carbons (Fsp3) is 0.286. The van der Waals surface area contributed by atoms with E-state index in [0.717, 1.165) is 10.9 Å². The minimum Gasteiger partial charge on any atom is -0.335 e. The van der Waals surface area contributed by atoms with E-state index in [2.05, 4.69) is 30.8 Å². The number of piperazine rings is 1. The Balaban J connectivity index is 1.42. The van der Waals surface area contributed by atoms with Crippen LogP contribution in [0.2, 0.25) is 0 Å². The molecule has 1 aromatic carbocycles. The van der Waals surface area contributed by atoms with Crippen molar-refractivity contribution in [1.29, 1.82) is 0 Å². The van der Waals surface area contributed by atoms with Crippen LogP contribution in [0.5, 0.6) is 0 Å². The Morgan fingerprint density at radius 3 is 2.70 bits per heavy atom. The first kappa shape index (κ1) is 18.9. The first-order valence-electron chi connectivity index (χ1n) is 9.69. The number of aromatic nitrogens is 4. The number of fused-ring (bicyclic) bond motifs is 2. The van der Waals surface area contributed by atoms with E-state index in [4.69, 9.17) is 4.98 Å². The van der Waals surface area contributed by atoms with Crippen LogP contribution in [0.15, 0.2) is 58.2 Å². The van der Waals surface area contributed by atoms with Crippen LogP contribution in [0.4, 0.5) is 5.95 Å². The van der Waals surface area contributed by atoms with Gasteiger partial charge < -0.3 is 9.80 Å². The number of carbonyl (C=O) groups is 1. The van der Waals surface area contributed by atoms with Crippen LogP contribution in [0.3, 0.4) is 0 Å². The number of nitrogens with zero attached hydrogens (tertiary/aromatic N) is 6. The van der Waals surface area contributed by atoms with E-state index in [1.807, 2.05) is 29.2 Å². The number of anilines is 1. The van der Waals surface area contributed by atoms with Crippen LogP contribution in [-0.4, -0.2) is 55.5 Å². The first-order valence-corrected chi connectivity index (χ1v) is 10.5. The molecule has 0 spiro atoms. The second-order valence-corrected chi connectivity index (χ2v) is 8.51. The van der Waals surface area contributed by atoms with Gasteiger partial charge in [-0.15, -0.1) is 0 Å². The van der Waals surface area contributed by atoms with Crippen LogP contribution in [0.25, 0.3) is 11.4 Å². The quantitative estimate of drug-likeness (QED) is 0.587. The zero-order chi connectivity index (χ0) is 20.8. The van der Waals surface area contributed by atoms with Gasteiger partial charge in [-0.05, 0) is 30.7 Å². The molecule has 2 aliphatic rings. The van der Waals surface area contributed by atoms with Gasteiger partial charge in [-0.3, -0.25) is 14.2 Å². The summed E-state index contributed by atoms with van der Waals surface area (Å²) in [6.07, 6.45) is 3.94.